The molecule has 4 N–H and O–H groups in total. The fourth-order valence-corrected chi connectivity index (χ4v) is 5.14. The van der Waals surface area contributed by atoms with Crippen LogP contribution in [0.3, 0.4) is 0 Å². The van der Waals surface area contributed by atoms with Gasteiger partial charge in [-0.05, 0) is 67.2 Å². The lowest BCUT2D eigenvalue weighted by atomic mass is 9.91. The molecule has 4 aliphatic heterocycles. The zero-order valence-corrected chi connectivity index (χ0v) is 21.6. The molecule has 0 radical (unpaired) electrons. The molecule has 0 aliphatic carbocycles. The Bertz CT molecular complexity index is 633. The van der Waals surface area contributed by atoms with Gasteiger partial charge in [-0.25, -0.2) is 9.59 Å². The fraction of sp³-hybridized carbons (Fsp3) is 0.917. The molecule has 4 saturated heterocycles. The van der Waals surface area contributed by atoms with Crippen LogP contribution in [0.2, 0.25) is 0 Å². The van der Waals surface area contributed by atoms with Gasteiger partial charge in [-0.2, -0.15) is 0 Å². The van der Waals surface area contributed by atoms with E-state index in [0.717, 1.165) is 25.7 Å². The number of carbonyl (C=O) groups excluding carboxylic acids is 2. The van der Waals surface area contributed by atoms with Crippen LogP contribution in [0, 0.1) is 0 Å². The Morgan fingerprint density at radius 1 is 0.647 bits per heavy atom. The number of hydrogen-bond donors (Lipinski definition) is 2. The van der Waals surface area contributed by atoms with Crippen LogP contribution < -0.4 is 11.5 Å². The molecule has 4 aliphatic rings. The Morgan fingerprint density at radius 2 is 0.912 bits per heavy atom. The van der Waals surface area contributed by atoms with Crippen LogP contribution in [0.15, 0.2) is 0 Å². The minimum absolute atomic E-state index is 0.0762. The molecule has 10 heteroatoms. The highest BCUT2D eigenvalue weighted by Crippen LogP contribution is 2.29. The standard InChI is InChI=1S/2C12H22N2O3/c2*1-12(2,3)17-11(15)14-9-4-8(13)5-10(14)7-16-6-9/h2*8-10H,4-7,13H2,1-3H3/t2*8?,9-,10+. The van der Waals surface area contributed by atoms with Gasteiger partial charge in [0.1, 0.15) is 11.2 Å². The maximum Gasteiger partial charge on any atom is 0.410 e. The molecule has 0 saturated carbocycles. The third kappa shape index (κ3) is 7.19. The van der Waals surface area contributed by atoms with Gasteiger partial charge < -0.3 is 30.4 Å². The van der Waals surface area contributed by atoms with Gasteiger partial charge in [0.25, 0.3) is 0 Å². The molecule has 0 aromatic carbocycles. The molecule has 0 aromatic heterocycles. The molecular weight excluding hydrogens is 440 g/mol. The number of nitrogens with two attached hydrogens (primary N) is 2. The Balaban J connectivity index is 0.000000191. The van der Waals surface area contributed by atoms with Crippen molar-refractivity contribution < 1.29 is 28.5 Å². The van der Waals surface area contributed by atoms with Crippen molar-refractivity contribution >= 4 is 12.2 Å². The highest BCUT2D eigenvalue weighted by Gasteiger charge is 2.43. The number of fused-ring (bicyclic) bond motifs is 4. The van der Waals surface area contributed by atoms with Crippen molar-refractivity contribution in [1.29, 1.82) is 0 Å². The zero-order valence-electron chi connectivity index (χ0n) is 21.6. The quantitative estimate of drug-likeness (QED) is 0.535. The van der Waals surface area contributed by atoms with Gasteiger partial charge in [-0.3, -0.25) is 9.80 Å². The molecule has 10 nitrogen and oxygen atoms in total. The van der Waals surface area contributed by atoms with Gasteiger partial charge in [0.05, 0.1) is 50.6 Å². The van der Waals surface area contributed by atoms with Crippen molar-refractivity contribution in [3.63, 3.8) is 0 Å². The molecule has 6 atom stereocenters. The number of nitrogens with zero attached hydrogens (tertiary/aromatic N) is 2. The normalized spacial score (nSPS) is 33.4. The molecule has 4 heterocycles. The molecule has 2 unspecified atom stereocenters. The van der Waals surface area contributed by atoms with Crippen LogP contribution in [0.25, 0.3) is 0 Å². The molecule has 4 fully saturated rings. The van der Waals surface area contributed by atoms with Gasteiger partial charge in [0.2, 0.25) is 0 Å². The third-order valence-electron chi connectivity index (χ3n) is 6.32. The number of carbonyl (C=O) groups is 2. The first kappa shape index (κ1) is 27.0. The van der Waals surface area contributed by atoms with E-state index >= 15 is 0 Å². The van der Waals surface area contributed by atoms with Crippen LogP contribution in [-0.2, 0) is 18.9 Å². The number of piperidine rings is 2. The molecule has 0 spiro atoms. The van der Waals surface area contributed by atoms with Gasteiger partial charge in [-0.1, -0.05) is 0 Å². The Labute approximate surface area is 203 Å². The minimum atomic E-state index is -0.453. The predicted molar refractivity (Wildman–Crippen MR) is 127 cm³/mol. The lowest BCUT2D eigenvalue weighted by molar-refractivity contribution is -0.0820. The number of hydrogen-bond acceptors (Lipinski definition) is 8. The summed E-state index contributed by atoms with van der Waals surface area (Å²) in [5.41, 5.74) is 11.1. The van der Waals surface area contributed by atoms with Gasteiger partial charge >= 0.3 is 12.2 Å². The van der Waals surface area contributed by atoms with E-state index in [4.69, 9.17) is 30.4 Å². The zero-order chi connectivity index (χ0) is 25.3. The molecular formula is C24H44N4O6. The van der Waals surface area contributed by atoms with E-state index in [2.05, 4.69) is 0 Å². The Kier molecular flexibility index (Phi) is 8.38. The maximum absolute atomic E-state index is 12.1. The first-order chi connectivity index (χ1) is 15.7. The third-order valence-corrected chi connectivity index (χ3v) is 6.32. The molecule has 4 rings (SSSR count). The topological polar surface area (TPSA) is 130 Å². The average Bonchev–Trinajstić information content (AvgIpc) is 2.64. The molecule has 0 aromatic rings. The van der Waals surface area contributed by atoms with E-state index in [-0.39, 0.29) is 48.4 Å². The number of morpholine rings is 2. The van der Waals surface area contributed by atoms with Crippen molar-refractivity contribution in [2.24, 2.45) is 11.5 Å². The van der Waals surface area contributed by atoms with Gasteiger partial charge in [0, 0.05) is 12.1 Å². The second kappa shape index (κ2) is 10.6. The van der Waals surface area contributed by atoms with Crippen LogP contribution in [-0.4, -0.2) is 95.9 Å². The summed E-state index contributed by atoms with van der Waals surface area (Å²) < 4.78 is 21.9. The largest absolute Gasteiger partial charge is 0.444 e. The lowest BCUT2D eigenvalue weighted by Gasteiger charge is -2.47. The van der Waals surface area contributed by atoms with E-state index in [0.29, 0.717) is 26.4 Å². The maximum atomic E-state index is 12.1. The minimum Gasteiger partial charge on any atom is -0.444 e. The molecule has 34 heavy (non-hydrogen) atoms. The van der Waals surface area contributed by atoms with Gasteiger partial charge in [-0.15, -0.1) is 0 Å². The van der Waals surface area contributed by atoms with Crippen LogP contribution >= 0.6 is 0 Å². The summed E-state index contributed by atoms with van der Waals surface area (Å²) in [4.78, 5) is 27.9. The number of rotatable bonds is 0. The van der Waals surface area contributed by atoms with Crippen molar-refractivity contribution in [2.45, 2.75) is 115 Å². The van der Waals surface area contributed by atoms with Crippen molar-refractivity contribution in [1.82, 2.24) is 9.80 Å². The SMILES string of the molecule is CC(C)(C)OC(=O)N1[C@@H]2COC[C@H]1CC(N)C2.CC(C)(C)OC(=O)N1[C@@H]2COC[C@H]1CC(N)C2. The fourth-order valence-electron chi connectivity index (χ4n) is 5.14. The monoisotopic (exact) mass is 484 g/mol. The van der Waals surface area contributed by atoms with E-state index < -0.39 is 11.2 Å². The first-order valence-corrected chi connectivity index (χ1v) is 12.4. The second-order valence-electron chi connectivity index (χ2n) is 11.9. The molecule has 4 bridgehead atoms. The van der Waals surface area contributed by atoms with Crippen molar-refractivity contribution in [2.75, 3.05) is 26.4 Å². The van der Waals surface area contributed by atoms with Crippen molar-refractivity contribution in [3.8, 4) is 0 Å². The highest BCUT2D eigenvalue weighted by atomic mass is 16.6. The van der Waals surface area contributed by atoms with Crippen molar-refractivity contribution in [3.05, 3.63) is 0 Å². The van der Waals surface area contributed by atoms with Crippen LogP contribution in [0.1, 0.15) is 67.2 Å². The van der Waals surface area contributed by atoms with E-state index in [9.17, 15) is 9.59 Å². The summed E-state index contributed by atoms with van der Waals surface area (Å²) >= 11 is 0. The van der Waals surface area contributed by atoms with Gasteiger partial charge in [0.15, 0.2) is 0 Å². The number of amides is 2. The molecule has 2 amide bonds. The summed E-state index contributed by atoms with van der Waals surface area (Å²) in [5.74, 6) is 0. The van der Waals surface area contributed by atoms with E-state index in [1.165, 1.54) is 0 Å². The summed E-state index contributed by atoms with van der Waals surface area (Å²) in [6.45, 7) is 13.6. The molecule has 196 valence electrons. The Hall–Kier alpha value is -1.62. The first-order valence-electron chi connectivity index (χ1n) is 12.4. The summed E-state index contributed by atoms with van der Waals surface area (Å²) in [6, 6.07) is 0.652. The highest BCUT2D eigenvalue weighted by molar-refractivity contribution is 5.70. The summed E-state index contributed by atoms with van der Waals surface area (Å²) in [7, 11) is 0. The smallest absolute Gasteiger partial charge is 0.410 e. The van der Waals surface area contributed by atoms with E-state index in [1.807, 2.05) is 51.3 Å². The summed E-state index contributed by atoms with van der Waals surface area (Å²) in [5, 5.41) is 0. The lowest BCUT2D eigenvalue weighted by Crippen LogP contribution is -2.62. The number of ether oxygens (including phenoxy) is 4. The van der Waals surface area contributed by atoms with Crippen LogP contribution in [0.4, 0.5) is 9.59 Å². The predicted octanol–water partition coefficient (Wildman–Crippen LogP) is 2.22. The van der Waals surface area contributed by atoms with Crippen LogP contribution in [0.5, 0.6) is 0 Å². The summed E-state index contributed by atoms with van der Waals surface area (Å²) in [6.07, 6.45) is 2.74. The second-order valence-corrected chi connectivity index (χ2v) is 11.9. The Morgan fingerprint density at radius 3 is 1.15 bits per heavy atom. The van der Waals surface area contributed by atoms with E-state index in [1.54, 1.807) is 0 Å². The average molecular weight is 485 g/mol.